The molecule has 1 fully saturated rings. The summed E-state index contributed by atoms with van der Waals surface area (Å²) in [7, 11) is 1.53. The Hall–Kier alpha value is -2.89. The van der Waals surface area contributed by atoms with Gasteiger partial charge in [-0.1, -0.05) is 35.5 Å². The Kier molecular flexibility index (Phi) is 4.97. The number of primary amides is 1. The maximum atomic E-state index is 14.1. The number of carbonyl (C=O) groups is 1. The van der Waals surface area contributed by atoms with Crippen LogP contribution in [0.5, 0.6) is 0 Å². The first kappa shape index (κ1) is 17.0. The highest BCUT2D eigenvalue weighted by atomic mass is 19.1. The summed E-state index contributed by atoms with van der Waals surface area (Å²) < 4.78 is 14.1. The van der Waals surface area contributed by atoms with Crippen molar-refractivity contribution in [3.05, 3.63) is 65.5 Å². The number of nitrogens with zero attached hydrogens (tertiary/aromatic N) is 2. The molecule has 1 atom stereocenters. The van der Waals surface area contributed by atoms with Crippen LogP contribution in [0.15, 0.2) is 53.7 Å². The molecule has 5 nitrogen and oxygen atoms in total. The summed E-state index contributed by atoms with van der Waals surface area (Å²) in [4.78, 5) is 18.9. The predicted octanol–water partition coefficient (Wildman–Crippen LogP) is 3.00. The third kappa shape index (κ3) is 3.47. The normalized spacial score (nSPS) is 16.9. The third-order valence-corrected chi connectivity index (χ3v) is 4.33. The largest absolute Gasteiger partial charge is 0.398 e. The van der Waals surface area contributed by atoms with Crippen molar-refractivity contribution in [2.75, 3.05) is 18.6 Å². The molecule has 1 heterocycles. The zero-order valence-electron chi connectivity index (χ0n) is 14.0. The van der Waals surface area contributed by atoms with Gasteiger partial charge in [0.25, 0.3) is 0 Å². The van der Waals surface area contributed by atoms with E-state index >= 15 is 0 Å². The van der Waals surface area contributed by atoms with E-state index in [-0.39, 0.29) is 5.56 Å². The van der Waals surface area contributed by atoms with Gasteiger partial charge in [0.05, 0.1) is 5.92 Å². The number of amides is 1. The van der Waals surface area contributed by atoms with Crippen LogP contribution in [0.1, 0.15) is 29.9 Å². The highest BCUT2D eigenvalue weighted by molar-refractivity contribution is 5.99. The molecule has 0 aromatic heterocycles. The molecule has 130 valence electrons. The van der Waals surface area contributed by atoms with Gasteiger partial charge in [0, 0.05) is 24.2 Å². The number of amidine groups is 1. The van der Waals surface area contributed by atoms with Gasteiger partial charge >= 0.3 is 0 Å². The number of oxime groups is 1. The standard InChI is InChI=1S/C19H20FN3O2/c1-25-22-17-7-4-12-23(17)14-10-8-13(9-11-14)18(19(21)24)15-5-2-3-6-16(15)20/h2-3,5-6,8-11,18H,4,7,12H2,1H3,(H2,21,24)/b22-17-. The summed E-state index contributed by atoms with van der Waals surface area (Å²) in [6, 6.07) is 13.6. The Morgan fingerprint density at radius 1 is 1.24 bits per heavy atom. The van der Waals surface area contributed by atoms with Crippen LogP contribution >= 0.6 is 0 Å². The van der Waals surface area contributed by atoms with Crippen molar-refractivity contribution in [1.82, 2.24) is 0 Å². The van der Waals surface area contributed by atoms with Crippen molar-refractivity contribution in [3.8, 4) is 0 Å². The van der Waals surface area contributed by atoms with Gasteiger partial charge in [-0.3, -0.25) is 4.79 Å². The molecule has 0 bridgehead atoms. The molecule has 0 saturated carbocycles. The number of halogens is 1. The van der Waals surface area contributed by atoms with Crippen molar-refractivity contribution in [3.63, 3.8) is 0 Å². The Bertz CT molecular complexity index is 790. The Balaban J connectivity index is 1.91. The maximum absolute atomic E-state index is 14.1. The minimum absolute atomic E-state index is 0.283. The summed E-state index contributed by atoms with van der Waals surface area (Å²) in [5.74, 6) is -0.971. The van der Waals surface area contributed by atoms with Gasteiger partial charge in [0.2, 0.25) is 5.91 Å². The van der Waals surface area contributed by atoms with Crippen molar-refractivity contribution in [2.24, 2.45) is 10.9 Å². The molecular weight excluding hydrogens is 321 g/mol. The van der Waals surface area contributed by atoms with E-state index in [1.807, 2.05) is 12.1 Å². The monoisotopic (exact) mass is 341 g/mol. The predicted molar refractivity (Wildman–Crippen MR) is 94.9 cm³/mol. The van der Waals surface area contributed by atoms with Crippen LogP contribution in [0.4, 0.5) is 10.1 Å². The zero-order chi connectivity index (χ0) is 17.8. The maximum Gasteiger partial charge on any atom is 0.229 e. The number of rotatable bonds is 5. The molecule has 1 amide bonds. The van der Waals surface area contributed by atoms with Gasteiger partial charge in [-0.2, -0.15) is 0 Å². The second kappa shape index (κ2) is 7.34. The minimum Gasteiger partial charge on any atom is -0.398 e. The average molecular weight is 341 g/mol. The van der Waals surface area contributed by atoms with E-state index in [0.717, 1.165) is 30.9 Å². The van der Waals surface area contributed by atoms with Gasteiger partial charge in [0.15, 0.2) is 0 Å². The molecule has 0 aliphatic carbocycles. The van der Waals surface area contributed by atoms with Gasteiger partial charge in [-0.25, -0.2) is 4.39 Å². The van der Waals surface area contributed by atoms with Crippen molar-refractivity contribution >= 4 is 17.4 Å². The lowest BCUT2D eigenvalue weighted by atomic mass is 9.90. The Labute approximate surface area is 145 Å². The SMILES string of the molecule is CO/N=C1/CCCN1c1ccc(C(C(N)=O)c2ccccc2F)cc1. The van der Waals surface area contributed by atoms with E-state index in [4.69, 9.17) is 10.6 Å². The van der Waals surface area contributed by atoms with Crippen molar-refractivity contribution in [2.45, 2.75) is 18.8 Å². The molecule has 3 rings (SSSR count). The topological polar surface area (TPSA) is 67.9 Å². The number of carbonyl (C=O) groups excluding carboxylic acids is 1. The molecule has 6 heteroatoms. The molecule has 25 heavy (non-hydrogen) atoms. The summed E-state index contributed by atoms with van der Waals surface area (Å²) in [5, 5.41) is 4.05. The van der Waals surface area contributed by atoms with Gasteiger partial charge in [-0.15, -0.1) is 0 Å². The van der Waals surface area contributed by atoms with Gasteiger partial charge in [0.1, 0.15) is 18.8 Å². The summed E-state index contributed by atoms with van der Waals surface area (Å²) >= 11 is 0. The van der Waals surface area contributed by atoms with E-state index < -0.39 is 17.6 Å². The lowest BCUT2D eigenvalue weighted by Gasteiger charge is -2.20. The Morgan fingerprint density at radius 2 is 1.96 bits per heavy atom. The van der Waals surface area contributed by atoms with Crippen LogP contribution in [-0.4, -0.2) is 25.4 Å². The van der Waals surface area contributed by atoms with Crippen LogP contribution < -0.4 is 10.6 Å². The first-order valence-corrected chi connectivity index (χ1v) is 8.13. The fraction of sp³-hybridized carbons (Fsp3) is 0.263. The lowest BCUT2D eigenvalue weighted by Crippen LogP contribution is -2.25. The van der Waals surface area contributed by atoms with E-state index in [1.54, 1.807) is 30.3 Å². The van der Waals surface area contributed by atoms with Crippen molar-refractivity contribution < 1.29 is 14.0 Å². The molecule has 1 unspecified atom stereocenters. The zero-order valence-corrected chi connectivity index (χ0v) is 14.0. The minimum atomic E-state index is -0.819. The molecule has 2 aromatic carbocycles. The molecule has 2 N–H and O–H groups in total. The number of nitrogens with two attached hydrogens (primary N) is 1. The highest BCUT2D eigenvalue weighted by Crippen LogP contribution is 2.29. The first-order chi connectivity index (χ1) is 12.1. The molecule has 2 aromatic rings. The average Bonchev–Trinajstić information content (AvgIpc) is 3.06. The van der Waals surface area contributed by atoms with Gasteiger partial charge < -0.3 is 15.5 Å². The Morgan fingerprint density at radius 3 is 2.60 bits per heavy atom. The van der Waals surface area contributed by atoms with Crippen LogP contribution in [0.2, 0.25) is 0 Å². The smallest absolute Gasteiger partial charge is 0.229 e. The molecule has 1 aliphatic heterocycles. The van der Waals surface area contributed by atoms with E-state index in [1.165, 1.54) is 13.2 Å². The summed E-state index contributed by atoms with van der Waals surface area (Å²) in [6.45, 7) is 0.855. The van der Waals surface area contributed by atoms with Crippen molar-refractivity contribution in [1.29, 1.82) is 0 Å². The highest BCUT2D eigenvalue weighted by Gasteiger charge is 2.25. The third-order valence-electron chi connectivity index (χ3n) is 4.33. The first-order valence-electron chi connectivity index (χ1n) is 8.13. The molecule has 0 spiro atoms. The number of hydrogen-bond acceptors (Lipinski definition) is 3. The molecular formula is C19H20FN3O2. The van der Waals surface area contributed by atoms with Crippen LogP contribution in [-0.2, 0) is 9.63 Å². The fourth-order valence-corrected chi connectivity index (χ4v) is 3.19. The second-order valence-corrected chi connectivity index (χ2v) is 5.89. The number of hydrogen-bond donors (Lipinski definition) is 1. The lowest BCUT2D eigenvalue weighted by molar-refractivity contribution is -0.118. The van der Waals surface area contributed by atoms with E-state index in [9.17, 15) is 9.18 Å². The van der Waals surface area contributed by atoms with E-state index in [0.29, 0.717) is 5.56 Å². The summed E-state index contributed by atoms with van der Waals surface area (Å²) in [5.41, 5.74) is 7.43. The molecule has 0 radical (unpaired) electrons. The van der Waals surface area contributed by atoms with Crippen LogP contribution in [0.3, 0.4) is 0 Å². The molecule has 1 saturated heterocycles. The summed E-state index contributed by atoms with van der Waals surface area (Å²) in [6.07, 6.45) is 1.86. The number of benzene rings is 2. The second-order valence-electron chi connectivity index (χ2n) is 5.89. The van der Waals surface area contributed by atoms with Crippen LogP contribution in [0, 0.1) is 5.82 Å². The fourth-order valence-electron chi connectivity index (χ4n) is 3.19. The molecule has 1 aliphatic rings. The quantitative estimate of drug-likeness (QED) is 0.850. The van der Waals surface area contributed by atoms with Gasteiger partial charge in [-0.05, 0) is 30.2 Å². The van der Waals surface area contributed by atoms with E-state index in [2.05, 4.69) is 10.1 Å². The van der Waals surface area contributed by atoms with Crippen LogP contribution in [0.25, 0.3) is 0 Å². The number of anilines is 1.